The highest BCUT2D eigenvalue weighted by Crippen LogP contribution is 2.38. The molecule has 1 unspecified atom stereocenters. The van der Waals surface area contributed by atoms with Crippen LogP contribution in [0.2, 0.25) is 0 Å². The van der Waals surface area contributed by atoms with Gasteiger partial charge in [0.1, 0.15) is 116 Å². The van der Waals surface area contributed by atoms with Gasteiger partial charge in [0, 0.05) is 0 Å². The molecule has 5 heterocycles. The molecule has 30 heteroatoms. The Labute approximate surface area is 338 Å². The van der Waals surface area contributed by atoms with Gasteiger partial charge >= 0.3 is 7.82 Å². The van der Waals surface area contributed by atoms with Crippen molar-refractivity contribution >= 4 is 7.82 Å². The highest BCUT2D eigenvalue weighted by atomic mass is 31.2. The Kier molecular flexibility index (Phi) is 17.5. The van der Waals surface area contributed by atoms with Crippen molar-refractivity contribution in [1.82, 2.24) is 0 Å². The fourth-order valence-corrected chi connectivity index (χ4v) is 7.43. The van der Waals surface area contributed by atoms with E-state index in [1.54, 1.807) is 0 Å². The predicted molar refractivity (Wildman–Crippen MR) is 179 cm³/mol. The second-order valence-corrected chi connectivity index (χ2v) is 15.9. The largest absolute Gasteiger partial charge is 0.469 e. The predicted octanol–water partition coefficient (Wildman–Crippen LogP) is -11.8. The van der Waals surface area contributed by atoms with E-state index in [2.05, 4.69) is 4.52 Å². The lowest BCUT2D eigenvalue weighted by Crippen LogP contribution is -2.68. The van der Waals surface area contributed by atoms with Crippen LogP contribution < -0.4 is 5.73 Å². The molecule has 352 valence electrons. The van der Waals surface area contributed by atoms with Crippen molar-refractivity contribution in [2.75, 3.05) is 33.0 Å². The van der Waals surface area contributed by atoms with Crippen LogP contribution in [0.5, 0.6) is 0 Å². The molecular formula is C30H54NO28P. The highest BCUT2D eigenvalue weighted by molar-refractivity contribution is 7.46. The Morgan fingerprint density at radius 2 is 0.867 bits per heavy atom. The Balaban J connectivity index is 1.40. The van der Waals surface area contributed by atoms with Crippen molar-refractivity contribution in [2.24, 2.45) is 5.73 Å². The molecule has 0 radical (unpaired) electrons. The molecule has 5 aliphatic rings. The number of hydrogen-bond acceptors (Lipinski definition) is 27. The number of rotatable bonds is 15. The van der Waals surface area contributed by atoms with E-state index in [1.165, 1.54) is 0 Å². The molecule has 0 aromatic heterocycles. The molecule has 0 aromatic rings. The third-order valence-corrected chi connectivity index (χ3v) is 11.1. The number of phosphoric acid groups is 1. The summed E-state index contributed by atoms with van der Waals surface area (Å²) < 4.78 is 65.6. The first-order valence-electron chi connectivity index (χ1n) is 18.4. The van der Waals surface area contributed by atoms with Crippen LogP contribution >= 0.6 is 7.82 Å². The number of ether oxygens (including phenoxy) is 9. The van der Waals surface area contributed by atoms with E-state index in [-0.39, 0.29) is 0 Å². The Hall–Kier alpha value is -0.890. The summed E-state index contributed by atoms with van der Waals surface area (Å²) in [4.78, 5) is 18.2. The zero-order chi connectivity index (χ0) is 44.5. The third-order valence-electron chi connectivity index (χ3n) is 10.6. The Bertz CT molecular complexity index is 1390. The molecule has 0 aromatic carbocycles. The van der Waals surface area contributed by atoms with Gasteiger partial charge in [0.25, 0.3) is 0 Å². The van der Waals surface area contributed by atoms with Crippen LogP contribution in [0.1, 0.15) is 0 Å². The minimum atomic E-state index is -5.15. The molecule has 0 spiro atoms. The van der Waals surface area contributed by atoms with E-state index in [1.807, 2.05) is 0 Å². The van der Waals surface area contributed by atoms with E-state index in [0.29, 0.717) is 0 Å². The Morgan fingerprint density at radius 3 is 1.40 bits per heavy atom. The average molecular weight is 908 g/mol. The van der Waals surface area contributed by atoms with Crippen molar-refractivity contribution in [1.29, 1.82) is 0 Å². The van der Waals surface area contributed by atoms with Gasteiger partial charge in [0.05, 0.1) is 39.1 Å². The summed E-state index contributed by atoms with van der Waals surface area (Å²) >= 11 is 0. The first kappa shape index (κ1) is 50.1. The fourth-order valence-electron chi connectivity index (χ4n) is 7.09. The summed E-state index contributed by atoms with van der Waals surface area (Å²) in [6.45, 7) is -4.73. The molecule has 0 bridgehead atoms. The molecule has 19 N–H and O–H groups in total. The van der Waals surface area contributed by atoms with Crippen LogP contribution in [0.3, 0.4) is 0 Å². The summed E-state index contributed by atoms with van der Waals surface area (Å²) in [5.74, 6) is 0. The zero-order valence-corrected chi connectivity index (χ0v) is 32.0. The number of hydrogen-bond donors (Lipinski definition) is 18. The van der Waals surface area contributed by atoms with Crippen molar-refractivity contribution in [3.05, 3.63) is 0 Å². The van der Waals surface area contributed by atoms with Crippen LogP contribution in [0.25, 0.3) is 0 Å². The van der Waals surface area contributed by atoms with E-state index >= 15 is 0 Å². The minimum Gasteiger partial charge on any atom is -0.394 e. The van der Waals surface area contributed by atoms with Gasteiger partial charge in [-0.15, -0.1) is 0 Å². The molecular weight excluding hydrogens is 853 g/mol. The SMILES string of the molecule is N[C@H]1C(O)O[C@H](CO)[C@@H](O[C@H]2O[C@H](CO[C@H]3O[C@H](CO)[C@@H](O)[C@H](O)[C@@H]3O[C@H]3O[C@H](COP(=O)(O)O)[C@@H](O)[C@H](O)[C@@H]3O)[C@@H](O)[C@H](O[C@H]3O[C@H](CO)[C@H](O)[C@H](O)[C@H]3O)[C@@H]2O)[C@@H]1O. The summed E-state index contributed by atoms with van der Waals surface area (Å²) in [6, 6.07) is -1.53. The van der Waals surface area contributed by atoms with Gasteiger partial charge in [-0.2, -0.15) is 0 Å². The standard InChI is InChI=1S/C30H54NO28P/c31-11-16(39)23(8(3-34)52-26(11)46)57-29-22(45)24(58-27-20(43)17(40)12(35)6(1-32)53-27)15(38)9(55-29)4-50-30-25(19(42)13(36)7(2-33)54-30)59-28-21(44)18(41)14(37)10(56-28)5-51-60(47,48)49/h6-30,32-46H,1-5,31H2,(H2,47,48,49)/t6-,7-,8-,9-,10-,11-,12+,13-,14-,15-,16-,17+,18+,19+,20-,21+,22+,23-,24+,25+,26?,27-,28-,29-,30+/m1/s1. The van der Waals surface area contributed by atoms with E-state index in [0.717, 1.165) is 0 Å². The summed E-state index contributed by atoms with van der Waals surface area (Å²) in [6.07, 6.45) is -46.0. The maximum Gasteiger partial charge on any atom is 0.469 e. The monoisotopic (exact) mass is 907 g/mol. The molecule has 0 amide bonds. The summed E-state index contributed by atoms with van der Waals surface area (Å²) in [7, 11) is -5.15. The smallest absolute Gasteiger partial charge is 0.394 e. The van der Waals surface area contributed by atoms with E-state index < -0.39 is 194 Å². The number of aliphatic hydroxyl groups excluding tert-OH is 15. The van der Waals surface area contributed by atoms with E-state index in [4.69, 9.17) is 58.2 Å². The minimum absolute atomic E-state index is 0.887. The molecule has 5 saturated heterocycles. The van der Waals surface area contributed by atoms with Crippen LogP contribution in [0.15, 0.2) is 0 Å². The second kappa shape index (κ2) is 21.0. The van der Waals surface area contributed by atoms with Crippen LogP contribution in [0, 0.1) is 0 Å². The molecule has 25 atom stereocenters. The lowest BCUT2D eigenvalue weighted by molar-refractivity contribution is -0.386. The number of nitrogens with two attached hydrogens (primary N) is 1. The highest BCUT2D eigenvalue weighted by Gasteiger charge is 2.55. The topological polar surface area (TPSA) is 479 Å². The zero-order valence-electron chi connectivity index (χ0n) is 31.1. The molecule has 0 aliphatic carbocycles. The maximum absolute atomic E-state index is 11.5. The van der Waals surface area contributed by atoms with E-state index in [9.17, 15) is 81.2 Å². The Morgan fingerprint density at radius 1 is 0.433 bits per heavy atom. The molecule has 5 aliphatic heterocycles. The van der Waals surface area contributed by atoms with Gasteiger partial charge in [0.2, 0.25) is 0 Å². The second-order valence-electron chi connectivity index (χ2n) is 14.7. The van der Waals surface area contributed by atoms with Crippen molar-refractivity contribution in [3.8, 4) is 0 Å². The first-order valence-corrected chi connectivity index (χ1v) is 20.0. The van der Waals surface area contributed by atoms with Crippen molar-refractivity contribution < 1.29 is 138 Å². The van der Waals surface area contributed by atoms with Crippen molar-refractivity contribution in [2.45, 2.75) is 153 Å². The van der Waals surface area contributed by atoms with Gasteiger partial charge in [-0.1, -0.05) is 0 Å². The first-order chi connectivity index (χ1) is 28.1. The molecule has 5 fully saturated rings. The molecule has 0 saturated carbocycles. The van der Waals surface area contributed by atoms with Crippen molar-refractivity contribution in [3.63, 3.8) is 0 Å². The van der Waals surface area contributed by atoms with Crippen LogP contribution in [0.4, 0.5) is 0 Å². The van der Waals surface area contributed by atoms with Gasteiger partial charge in [-0.25, -0.2) is 4.57 Å². The average Bonchev–Trinajstić information content (AvgIpc) is 3.21. The summed E-state index contributed by atoms with van der Waals surface area (Å²) in [5.41, 5.74) is 5.80. The summed E-state index contributed by atoms with van der Waals surface area (Å²) in [5, 5.41) is 157. The van der Waals surface area contributed by atoms with Gasteiger partial charge in [-0.3, -0.25) is 4.52 Å². The lowest BCUT2D eigenvalue weighted by atomic mass is 9.95. The molecule has 5 rings (SSSR count). The van der Waals surface area contributed by atoms with Crippen LogP contribution in [-0.2, 0) is 51.7 Å². The van der Waals surface area contributed by atoms with Gasteiger partial charge in [0.15, 0.2) is 31.5 Å². The normalized spacial score (nSPS) is 50.7. The lowest BCUT2D eigenvalue weighted by Gasteiger charge is -2.49. The maximum atomic E-state index is 11.5. The quantitative estimate of drug-likeness (QED) is 0.0678. The number of aliphatic hydroxyl groups is 15. The molecule has 29 nitrogen and oxygen atoms in total. The van der Waals surface area contributed by atoms with Crippen LogP contribution in [-0.4, -0.2) is 273 Å². The molecule has 60 heavy (non-hydrogen) atoms. The number of phosphoric ester groups is 1. The van der Waals surface area contributed by atoms with Gasteiger partial charge < -0.3 is 135 Å². The van der Waals surface area contributed by atoms with Gasteiger partial charge in [-0.05, 0) is 0 Å². The fraction of sp³-hybridized carbons (Fsp3) is 1.00. The third kappa shape index (κ3) is 11.0.